The summed E-state index contributed by atoms with van der Waals surface area (Å²) in [4.78, 5) is 39.7. The number of halogens is 1. The van der Waals surface area contributed by atoms with Gasteiger partial charge < -0.3 is 24.8 Å². The number of carbonyl (C=O) groups is 1. The van der Waals surface area contributed by atoms with Crippen LogP contribution in [0.1, 0.15) is 75.7 Å². The van der Waals surface area contributed by atoms with E-state index in [0.29, 0.717) is 17.4 Å². The highest BCUT2D eigenvalue weighted by Gasteiger charge is 2.31. The van der Waals surface area contributed by atoms with Crippen LogP contribution in [0.2, 0.25) is 5.02 Å². The topological polar surface area (TPSA) is 166 Å². The molecule has 2 saturated heterocycles. The standard InChI is InChI=1S/C47H55ClN8O6S/c1-31(2)54-19-15-36(16-20-54)51-42-12-10-39(27-43(42)56(58)59)63(60,61)52-46(57)40-11-9-37(26-44(40)62-38-25-33-14-18-49-45(33)50-29-38)55-23-21-53(22-24-55)30-34-13-17-47(3,4)28-41(34)32-5-7-35(48)8-6-32/h5-12,14,18,25-27,29,31,36,51H,13,15-17,19-24,28,30H2,1-4H3,(H,49,50)(H,52,57). The summed E-state index contributed by atoms with van der Waals surface area (Å²) in [5, 5.41) is 17.0. The molecule has 8 rings (SSSR count). The molecule has 14 nitrogen and oxygen atoms in total. The number of nitrogens with zero attached hydrogens (tertiary/aromatic N) is 5. The van der Waals surface area contributed by atoms with Crippen molar-refractivity contribution in [1.82, 2.24) is 24.5 Å². The van der Waals surface area contributed by atoms with Crippen LogP contribution >= 0.6 is 11.6 Å². The molecule has 3 aromatic carbocycles. The Hall–Kier alpha value is -5.48. The number of anilines is 2. The molecule has 1 aliphatic carbocycles. The van der Waals surface area contributed by atoms with Gasteiger partial charge in [0, 0.05) is 92.3 Å². The minimum Gasteiger partial charge on any atom is -0.455 e. The Kier molecular flexibility index (Phi) is 12.8. The monoisotopic (exact) mass is 894 g/mol. The summed E-state index contributed by atoms with van der Waals surface area (Å²) < 4.78 is 36.0. The van der Waals surface area contributed by atoms with Gasteiger partial charge in [-0.25, -0.2) is 18.1 Å². The number of hydrogen-bond donors (Lipinski definition) is 3. The molecular weight excluding hydrogens is 840 g/mol. The molecule has 63 heavy (non-hydrogen) atoms. The van der Waals surface area contributed by atoms with E-state index in [1.807, 2.05) is 18.2 Å². The van der Waals surface area contributed by atoms with Gasteiger partial charge in [-0.15, -0.1) is 0 Å². The molecule has 0 radical (unpaired) electrons. The van der Waals surface area contributed by atoms with Crippen molar-refractivity contribution >= 4 is 61.2 Å². The molecule has 2 aromatic heterocycles. The second-order valence-electron chi connectivity index (χ2n) is 18.0. The lowest BCUT2D eigenvalue weighted by Gasteiger charge is -2.39. The number of nitrogens with one attached hydrogen (secondary N) is 3. The third-order valence-electron chi connectivity index (χ3n) is 12.7. The molecule has 0 atom stereocenters. The molecule has 0 saturated carbocycles. The highest BCUT2D eigenvalue weighted by atomic mass is 35.5. The van der Waals surface area contributed by atoms with E-state index in [4.69, 9.17) is 16.3 Å². The molecule has 1 amide bonds. The third kappa shape index (κ3) is 10.3. The van der Waals surface area contributed by atoms with Crippen molar-refractivity contribution in [3.05, 3.63) is 117 Å². The van der Waals surface area contributed by atoms with Crippen molar-refractivity contribution in [3.8, 4) is 11.5 Å². The van der Waals surface area contributed by atoms with E-state index in [9.17, 15) is 23.3 Å². The van der Waals surface area contributed by atoms with E-state index in [0.717, 1.165) is 100 Å². The number of pyridine rings is 1. The van der Waals surface area contributed by atoms with E-state index >= 15 is 0 Å². The molecule has 3 aliphatic rings. The average molecular weight is 896 g/mol. The van der Waals surface area contributed by atoms with E-state index in [2.05, 4.69) is 74.5 Å². The first kappa shape index (κ1) is 44.1. The SMILES string of the molecule is CC(C)N1CCC(Nc2ccc(S(=O)(=O)NC(=O)c3ccc(N4CCN(CC5=C(c6ccc(Cl)cc6)CC(C)(C)CC5)CC4)cc3Oc3cnc4[nH]ccc4c3)cc2[N+](=O)[O-])CC1. The van der Waals surface area contributed by atoms with Gasteiger partial charge in [0.2, 0.25) is 0 Å². The average Bonchev–Trinajstić information content (AvgIpc) is 3.73. The quantitative estimate of drug-likeness (QED) is 0.0763. The van der Waals surface area contributed by atoms with Crippen molar-refractivity contribution in [1.29, 1.82) is 0 Å². The fourth-order valence-electron chi connectivity index (χ4n) is 8.95. The smallest absolute Gasteiger partial charge is 0.293 e. The maximum Gasteiger partial charge on any atom is 0.293 e. The molecule has 5 aromatic rings. The minimum absolute atomic E-state index is 0.000263. The number of likely N-dealkylation sites (tertiary alicyclic amines) is 1. The van der Waals surface area contributed by atoms with E-state index < -0.39 is 25.7 Å². The number of nitro groups is 1. The van der Waals surface area contributed by atoms with Gasteiger partial charge in [-0.1, -0.05) is 43.2 Å². The van der Waals surface area contributed by atoms with Gasteiger partial charge in [0.05, 0.1) is 21.6 Å². The van der Waals surface area contributed by atoms with Gasteiger partial charge in [-0.2, -0.15) is 0 Å². The summed E-state index contributed by atoms with van der Waals surface area (Å²) in [5.41, 5.74) is 5.63. The normalized spacial score (nSPS) is 17.9. The second-order valence-corrected chi connectivity index (χ2v) is 20.1. The lowest BCUT2D eigenvalue weighted by Crippen LogP contribution is -2.47. The number of amides is 1. The maximum absolute atomic E-state index is 14.0. The van der Waals surface area contributed by atoms with Crippen LogP contribution in [0.3, 0.4) is 0 Å². The number of nitro benzene ring substituents is 1. The summed E-state index contributed by atoms with van der Waals surface area (Å²) in [7, 11) is -4.56. The minimum atomic E-state index is -4.56. The molecule has 16 heteroatoms. The number of H-pyrrole nitrogens is 1. The van der Waals surface area contributed by atoms with Crippen molar-refractivity contribution in [2.24, 2.45) is 5.41 Å². The number of benzene rings is 3. The number of hydrogen-bond acceptors (Lipinski definition) is 11. The number of carbonyl (C=O) groups excluding carboxylic acids is 1. The largest absolute Gasteiger partial charge is 0.455 e. The Morgan fingerprint density at radius 3 is 2.46 bits per heavy atom. The molecule has 0 unspecified atom stereocenters. The molecule has 332 valence electrons. The van der Waals surface area contributed by atoms with Crippen LogP contribution in [0.5, 0.6) is 11.5 Å². The first-order valence-electron chi connectivity index (χ1n) is 21.7. The van der Waals surface area contributed by atoms with Crippen molar-refractivity contribution in [2.45, 2.75) is 76.8 Å². The third-order valence-corrected chi connectivity index (χ3v) is 14.2. The molecular formula is C47H55ClN8O6S. The molecule has 0 spiro atoms. The van der Waals surface area contributed by atoms with Gasteiger partial charge in [-0.3, -0.25) is 19.8 Å². The van der Waals surface area contributed by atoms with Crippen molar-refractivity contribution < 1.29 is 22.9 Å². The highest BCUT2D eigenvalue weighted by Crippen LogP contribution is 2.43. The van der Waals surface area contributed by atoms with Gasteiger partial charge in [0.15, 0.2) is 0 Å². The fourth-order valence-corrected chi connectivity index (χ4v) is 10.1. The molecule has 2 fully saturated rings. The van der Waals surface area contributed by atoms with Crippen LogP contribution in [-0.4, -0.2) is 96.9 Å². The molecule has 0 bridgehead atoms. The van der Waals surface area contributed by atoms with Crippen LogP contribution in [0.25, 0.3) is 16.6 Å². The fraction of sp³-hybridized carbons (Fsp3) is 0.404. The van der Waals surface area contributed by atoms with Gasteiger partial charge in [0.25, 0.3) is 21.6 Å². The summed E-state index contributed by atoms with van der Waals surface area (Å²) in [5.74, 6) is -0.454. The number of ether oxygens (including phenoxy) is 1. The van der Waals surface area contributed by atoms with Gasteiger partial charge in [-0.05, 0) is 111 Å². The molecule has 4 heterocycles. The first-order chi connectivity index (χ1) is 30.1. The molecule has 3 N–H and O–H groups in total. The number of sulfonamides is 1. The number of rotatable bonds is 13. The summed E-state index contributed by atoms with van der Waals surface area (Å²) in [6.45, 7) is 14.6. The maximum atomic E-state index is 14.0. The second kappa shape index (κ2) is 18.3. The Morgan fingerprint density at radius 2 is 1.75 bits per heavy atom. The first-order valence-corrected chi connectivity index (χ1v) is 23.5. The van der Waals surface area contributed by atoms with Gasteiger partial charge in [0.1, 0.15) is 22.8 Å². The zero-order chi connectivity index (χ0) is 44.5. The van der Waals surface area contributed by atoms with Crippen molar-refractivity contribution in [2.75, 3.05) is 56.0 Å². The van der Waals surface area contributed by atoms with Crippen LogP contribution in [0.4, 0.5) is 17.1 Å². The molecule has 2 aliphatic heterocycles. The lowest BCUT2D eigenvalue weighted by molar-refractivity contribution is -0.384. The zero-order valence-corrected chi connectivity index (χ0v) is 37.8. The van der Waals surface area contributed by atoms with E-state index in [-0.39, 0.29) is 34.1 Å². The Labute approximate surface area is 373 Å². The van der Waals surface area contributed by atoms with Crippen LogP contribution in [-0.2, 0) is 10.0 Å². The number of allylic oxidation sites excluding steroid dienone is 1. The van der Waals surface area contributed by atoms with Crippen LogP contribution in [0, 0.1) is 15.5 Å². The Bertz CT molecular complexity index is 2630. The highest BCUT2D eigenvalue weighted by molar-refractivity contribution is 7.90. The number of aromatic nitrogens is 2. The number of fused-ring (bicyclic) bond motifs is 1. The van der Waals surface area contributed by atoms with E-state index in [1.54, 1.807) is 30.5 Å². The van der Waals surface area contributed by atoms with Crippen molar-refractivity contribution in [3.63, 3.8) is 0 Å². The summed E-state index contributed by atoms with van der Waals surface area (Å²) in [6, 6.07) is 21.0. The number of aromatic amines is 1. The Balaban J connectivity index is 0.999. The van der Waals surface area contributed by atoms with E-state index in [1.165, 1.54) is 35.0 Å². The van der Waals surface area contributed by atoms with Crippen LogP contribution < -0.4 is 19.7 Å². The van der Waals surface area contributed by atoms with Gasteiger partial charge >= 0.3 is 0 Å². The summed E-state index contributed by atoms with van der Waals surface area (Å²) in [6.07, 6.45) is 8.09. The lowest BCUT2D eigenvalue weighted by atomic mass is 9.72. The summed E-state index contributed by atoms with van der Waals surface area (Å²) >= 11 is 6.25. The van der Waals surface area contributed by atoms with Crippen LogP contribution in [0.15, 0.2) is 95.7 Å². The predicted octanol–water partition coefficient (Wildman–Crippen LogP) is 9.11. The number of piperidine rings is 1. The number of piperazine rings is 1. The predicted molar refractivity (Wildman–Crippen MR) is 248 cm³/mol. The zero-order valence-electron chi connectivity index (χ0n) is 36.2. The Morgan fingerprint density at radius 1 is 1.00 bits per heavy atom.